The highest BCUT2D eigenvalue weighted by Gasteiger charge is 2.28. The van der Waals surface area contributed by atoms with Gasteiger partial charge in [0, 0.05) is 19.2 Å². The van der Waals surface area contributed by atoms with Crippen LogP contribution < -0.4 is 0 Å². The Kier molecular flexibility index (Phi) is 3.48. The first-order chi connectivity index (χ1) is 6.16. The van der Waals surface area contributed by atoms with Crippen LogP contribution in [0.1, 0.15) is 19.8 Å². The first kappa shape index (κ1) is 10.3. The summed E-state index contributed by atoms with van der Waals surface area (Å²) in [5, 5.41) is 0. The lowest BCUT2D eigenvalue weighted by Gasteiger charge is -2.23. The van der Waals surface area contributed by atoms with E-state index in [2.05, 4.69) is 6.58 Å². The zero-order valence-electron chi connectivity index (χ0n) is 8.38. The maximum Gasteiger partial charge on any atom is 0.249 e. The van der Waals surface area contributed by atoms with E-state index in [-0.39, 0.29) is 11.9 Å². The van der Waals surface area contributed by atoms with Crippen LogP contribution in [0, 0.1) is 0 Å². The summed E-state index contributed by atoms with van der Waals surface area (Å²) in [4.78, 5) is 13.5. The van der Waals surface area contributed by atoms with Gasteiger partial charge in [0.05, 0.1) is 12.6 Å². The minimum atomic E-state index is 0.0690. The molecule has 0 radical (unpaired) electrons. The molecule has 1 rings (SSSR count). The third-order valence-electron chi connectivity index (χ3n) is 2.36. The van der Waals surface area contributed by atoms with Crippen LogP contribution in [0.4, 0.5) is 0 Å². The molecule has 0 saturated carbocycles. The quantitative estimate of drug-likeness (QED) is 0.615. The summed E-state index contributed by atoms with van der Waals surface area (Å²) < 4.78 is 5.06. The van der Waals surface area contributed by atoms with E-state index in [0.717, 1.165) is 19.4 Å². The lowest BCUT2D eigenvalue weighted by atomic mass is 10.2. The standard InChI is InChI=1S/C10H17NO2/c1-8(2)10(12)11-6-4-5-9(11)7-13-3/h9H,1,4-7H2,2-3H3/t9-/m0/s1. The van der Waals surface area contributed by atoms with Crippen molar-refractivity contribution in [2.24, 2.45) is 0 Å². The van der Waals surface area contributed by atoms with Gasteiger partial charge in [-0.2, -0.15) is 0 Å². The molecule has 0 unspecified atom stereocenters. The fraction of sp³-hybridized carbons (Fsp3) is 0.700. The third-order valence-corrected chi connectivity index (χ3v) is 2.36. The maximum absolute atomic E-state index is 11.6. The zero-order chi connectivity index (χ0) is 9.84. The van der Waals surface area contributed by atoms with Crippen LogP contribution in [0.15, 0.2) is 12.2 Å². The number of amides is 1. The molecule has 1 aliphatic heterocycles. The molecule has 1 heterocycles. The second-order valence-electron chi connectivity index (χ2n) is 3.53. The van der Waals surface area contributed by atoms with Crippen molar-refractivity contribution in [3.8, 4) is 0 Å². The fourth-order valence-electron chi connectivity index (χ4n) is 1.71. The van der Waals surface area contributed by atoms with Gasteiger partial charge in [-0.1, -0.05) is 6.58 Å². The Morgan fingerprint density at radius 1 is 1.69 bits per heavy atom. The van der Waals surface area contributed by atoms with Gasteiger partial charge in [0.25, 0.3) is 0 Å². The summed E-state index contributed by atoms with van der Waals surface area (Å²) in [6.07, 6.45) is 2.12. The molecule has 1 atom stereocenters. The molecule has 0 bridgehead atoms. The first-order valence-corrected chi connectivity index (χ1v) is 4.62. The third kappa shape index (κ3) is 2.31. The number of ether oxygens (including phenoxy) is 1. The van der Waals surface area contributed by atoms with E-state index >= 15 is 0 Å². The predicted octanol–water partition coefficient (Wildman–Crippen LogP) is 1.20. The number of methoxy groups -OCH3 is 1. The van der Waals surface area contributed by atoms with Crippen molar-refractivity contribution < 1.29 is 9.53 Å². The molecule has 3 heteroatoms. The number of carbonyl (C=O) groups is 1. The molecule has 74 valence electrons. The van der Waals surface area contributed by atoms with Crippen LogP contribution in [-0.4, -0.2) is 37.1 Å². The smallest absolute Gasteiger partial charge is 0.249 e. The SMILES string of the molecule is C=C(C)C(=O)N1CCC[C@H]1COC. The highest BCUT2D eigenvalue weighted by molar-refractivity contribution is 5.92. The van der Waals surface area contributed by atoms with E-state index in [1.807, 2.05) is 4.90 Å². The van der Waals surface area contributed by atoms with Crippen molar-refractivity contribution in [1.82, 2.24) is 4.90 Å². The van der Waals surface area contributed by atoms with Crippen LogP contribution in [0.5, 0.6) is 0 Å². The van der Waals surface area contributed by atoms with Gasteiger partial charge in [0.2, 0.25) is 5.91 Å². The fourth-order valence-corrected chi connectivity index (χ4v) is 1.71. The van der Waals surface area contributed by atoms with E-state index in [1.165, 1.54) is 0 Å². The predicted molar refractivity (Wildman–Crippen MR) is 51.4 cm³/mol. The van der Waals surface area contributed by atoms with Crippen LogP contribution in [0.25, 0.3) is 0 Å². The highest BCUT2D eigenvalue weighted by Crippen LogP contribution is 2.19. The lowest BCUT2D eigenvalue weighted by molar-refractivity contribution is -0.128. The number of nitrogens with zero attached hydrogens (tertiary/aromatic N) is 1. The molecule has 0 aromatic rings. The van der Waals surface area contributed by atoms with Gasteiger partial charge in [-0.3, -0.25) is 4.79 Å². The van der Waals surface area contributed by atoms with Gasteiger partial charge in [0.15, 0.2) is 0 Å². The molecular weight excluding hydrogens is 166 g/mol. The molecule has 0 aliphatic carbocycles. The Labute approximate surface area is 79.4 Å². The van der Waals surface area contributed by atoms with Crippen molar-refractivity contribution in [2.45, 2.75) is 25.8 Å². The summed E-state index contributed by atoms with van der Waals surface area (Å²) >= 11 is 0. The molecule has 0 aromatic heterocycles. The number of carbonyl (C=O) groups excluding carboxylic acids is 1. The van der Waals surface area contributed by atoms with Gasteiger partial charge in [-0.25, -0.2) is 0 Å². The molecule has 0 aromatic carbocycles. The number of likely N-dealkylation sites (tertiary alicyclic amines) is 1. The van der Waals surface area contributed by atoms with Crippen molar-refractivity contribution >= 4 is 5.91 Å². The Morgan fingerprint density at radius 2 is 2.38 bits per heavy atom. The Morgan fingerprint density at radius 3 is 2.92 bits per heavy atom. The van der Waals surface area contributed by atoms with Crippen LogP contribution >= 0.6 is 0 Å². The van der Waals surface area contributed by atoms with E-state index in [1.54, 1.807) is 14.0 Å². The summed E-state index contributed by atoms with van der Waals surface area (Å²) in [5.74, 6) is 0.0690. The van der Waals surface area contributed by atoms with Gasteiger partial charge < -0.3 is 9.64 Å². The summed E-state index contributed by atoms with van der Waals surface area (Å²) in [6, 6.07) is 0.259. The topological polar surface area (TPSA) is 29.5 Å². The zero-order valence-corrected chi connectivity index (χ0v) is 8.38. The Balaban J connectivity index is 2.57. The van der Waals surface area contributed by atoms with Crippen molar-refractivity contribution in [3.63, 3.8) is 0 Å². The van der Waals surface area contributed by atoms with E-state index in [9.17, 15) is 4.79 Å². The average molecular weight is 183 g/mol. The van der Waals surface area contributed by atoms with Crippen molar-refractivity contribution in [2.75, 3.05) is 20.3 Å². The molecule has 0 N–H and O–H groups in total. The number of rotatable bonds is 3. The Bertz CT molecular complexity index is 213. The van der Waals surface area contributed by atoms with Gasteiger partial charge in [-0.15, -0.1) is 0 Å². The second kappa shape index (κ2) is 4.42. The number of hydrogen-bond donors (Lipinski definition) is 0. The molecule has 1 saturated heterocycles. The molecule has 0 spiro atoms. The van der Waals surface area contributed by atoms with E-state index in [4.69, 9.17) is 4.74 Å². The van der Waals surface area contributed by atoms with Crippen molar-refractivity contribution in [1.29, 1.82) is 0 Å². The molecule has 3 nitrogen and oxygen atoms in total. The molecule has 13 heavy (non-hydrogen) atoms. The molecule has 1 amide bonds. The molecule has 1 fully saturated rings. The van der Waals surface area contributed by atoms with Crippen molar-refractivity contribution in [3.05, 3.63) is 12.2 Å². The van der Waals surface area contributed by atoms with E-state index < -0.39 is 0 Å². The first-order valence-electron chi connectivity index (χ1n) is 4.62. The maximum atomic E-state index is 11.6. The summed E-state index contributed by atoms with van der Waals surface area (Å²) in [6.45, 7) is 6.90. The number of hydrogen-bond acceptors (Lipinski definition) is 2. The monoisotopic (exact) mass is 183 g/mol. The summed E-state index contributed by atoms with van der Waals surface area (Å²) in [5.41, 5.74) is 0.614. The van der Waals surface area contributed by atoms with Crippen LogP contribution in [0.3, 0.4) is 0 Å². The Hall–Kier alpha value is -0.830. The lowest BCUT2D eigenvalue weighted by Crippen LogP contribution is -2.38. The highest BCUT2D eigenvalue weighted by atomic mass is 16.5. The van der Waals surface area contributed by atoms with Gasteiger partial charge in [0.1, 0.15) is 0 Å². The molecular formula is C10H17NO2. The second-order valence-corrected chi connectivity index (χ2v) is 3.53. The van der Waals surface area contributed by atoms with Crippen LogP contribution in [-0.2, 0) is 9.53 Å². The average Bonchev–Trinajstić information content (AvgIpc) is 2.52. The minimum Gasteiger partial charge on any atom is -0.383 e. The minimum absolute atomic E-state index is 0.0690. The van der Waals surface area contributed by atoms with Crippen LogP contribution in [0.2, 0.25) is 0 Å². The van der Waals surface area contributed by atoms with Gasteiger partial charge >= 0.3 is 0 Å². The molecule has 1 aliphatic rings. The largest absolute Gasteiger partial charge is 0.383 e. The summed E-state index contributed by atoms with van der Waals surface area (Å²) in [7, 11) is 1.67. The van der Waals surface area contributed by atoms with E-state index in [0.29, 0.717) is 12.2 Å². The normalized spacial score (nSPS) is 22.0. The van der Waals surface area contributed by atoms with Gasteiger partial charge in [-0.05, 0) is 19.8 Å².